The Labute approximate surface area is 258 Å². The van der Waals surface area contributed by atoms with Crippen molar-refractivity contribution in [3.05, 3.63) is 35.3 Å². The molecule has 23 heteroatoms. The second-order valence-corrected chi connectivity index (χ2v) is 15.0. The fourth-order valence-corrected chi connectivity index (χ4v) is 8.53. The third-order valence-corrected chi connectivity index (χ3v) is 10.7. The Bertz CT molecular complexity index is 1950. The zero-order chi connectivity index (χ0) is 31.8. The number of aromatic nitrogens is 7. The van der Waals surface area contributed by atoms with E-state index in [1.54, 1.807) is 6.07 Å². The number of fused-ring (bicyclic) bond motifs is 5. The van der Waals surface area contributed by atoms with E-state index in [0.29, 0.717) is 11.2 Å². The van der Waals surface area contributed by atoms with Crippen LogP contribution < -0.4 is 17.0 Å². The number of aromatic amines is 1. The second-order valence-electron chi connectivity index (χ2n) is 10.4. The number of aliphatic hydroxyl groups excluding tert-OH is 1. The molecule has 0 aliphatic carbocycles. The van der Waals surface area contributed by atoms with Crippen molar-refractivity contribution in [3.8, 4) is 0 Å². The molecule has 242 valence electrons. The van der Waals surface area contributed by atoms with Crippen LogP contribution in [0.25, 0.3) is 22.3 Å². The number of hydrogen-bond acceptors (Lipinski definition) is 15. The van der Waals surface area contributed by atoms with E-state index in [9.17, 15) is 19.4 Å². The first kappa shape index (κ1) is 30.8. The molecule has 4 aromatic rings. The summed E-state index contributed by atoms with van der Waals surface area (Å²) in [5, 5.41) is 11.3. The molecule has 0 amide bonds. The zero-order valence-electron chi connectivity index (χ0n) is 22.3. The fraction of sp³-hybridized carbons (Fsp3) is 0.500. The van der Waals surface area contributed by atoms with Crippen molar-refractivity contribution >= 4 is 67.3 Å². The quantitative estimate of drug-likeness (QED) is 0.126. The maximum Gasteiger partial charge on any atom is 0.280 e. The highest BCUT2D eigenvalue weighted by Crippen LogP contribution is 2.54. The van der Waals surface area contributed by atoms with E-state index in [2.05, 4.69) is 24.9 Å². The van der Waals surface area contributed by atoms with Crippen LogP contribution in [0.15, 0.2) is 29.7 Å². The molecule has 3 saturated heterocycles. The van der Waals surface area contributed by atoms with Crippen molar-refractivity contribution in [3.63, 3.8) is 0 Å². The molecule has 3 fully saturated rings. The molecular formula is C22H28BFN9O9P2S-. The first-order valence-electron chi connectivity index (χ1n) is 13.2. The van der Waals surface area contributed by atoms with Gasteiger partial charge in [-0.2, -0.15) is 4.98 Å². The van der Waals surface area contributed by atoms with Gasteiger partial charge in [-0.3, -0.25) is 18.9 Å². The number of anilines is 2. The Morgan fingerprint density at radius 1 is 1.07 bits per heavy atom. The molecule has 2 unspecified atom stereocenters. The number of alkyl halides is 1. The van der Waals surface area contributed by atoms with Crippen molar-refractivity contribution in [2.45, 2.75) is 43.0 Å². The van der Waals surface area contributed by atoms with Crippen molar-refractivity contribution in [2.24, 2.45) is 5.92 Å². The maximum atomic E-state index is 16.1. The van der Waals surface area contributed by atoms with Gasteiger partial charge in [0, 0.05) is 18.3 Å². The van der Waals surface area contributed by atoms with Gasteiger partial charge in [0.2, 0.25) is 5.95 Å². The van der Waals surface area contributed by atoms with E-state index in [1.807, 2.05) is 0 Å². The van der Waals surface area contributed by atoms with Crippen LogP contribution in [0.3, 0.4) is 0 Å². The maximum absolute atomic E-state index is 16.1. The minimum atomic E-state index is -3.79. The summed E-state index contributed by atoms with van der Waals surface area (Å²) in [6, 6.07) is 1.56. The molecular weight excluding hydrogens is 658 g/mol. The smallest absolute Gasteiger partial charge is 0.280 e. The normalized spacial score (nSPS) is 37.7. The van der Waals surface area contributed by atoms with Crippen LogP contribution in [0, 0.1) is 5.92 Å². The number of ether oxygens (including phenoxy) is 2. The number of rotatable bonds is 2. The third kappa shape index (κ3) is 5.50. The highest BCUT2D eigenvalue weighted by molar-refractivity contribution is 8.09. The fourth-order valence-electron chi connectivity index (χ4n) is 5.63. The predicted octanol–water partition coefficient (Wildman–Crippen LogP) is -0.954. The van der Waals surface area contributed by atoms with E-state index in [0.717, 1.165) is 0 Å². The van der Waals surface area contributed by atoms with Gasteiger partial charge in [0.15, 0.2) is 35.7 Å². The molecule has 10 atom stereocenters. The number of aliphatic hydroxyl groups is 1. The zero-order valence-corrected chi connectivity index (χ0v) is 24.9. The molecule has 2 bridgehead atoms. The van der Waals surface area contributed by atoms with Gasteiger partial charge in [-0.05, 0) is 17.9 Å². The lowest BCUT2D eigenvalue weighted by Crippen LogP contribution is -2.34. The van der Waals surface area contributed by atoms with E-state index in [-0.39, 0.29) is 35.5 Å². The van der Waals surface area contributed by atoms with E-state index < -0.39 is 82.7 Å². The van der Waals surface area contributed by atoms with Gasteiger partial charge in [0.25, 0.3) is 5.56 Å². The largest absolute Gasteiger partial charge is 0.397 e. The SMILES string of the molecule is [BH3-]P1(=O)OC[C@H]2O[C@@H](n3cnc4c(=O)[nH]c(N)nc43)[C@H](CP(O)(=S)OC[C@H]3O[C@@H](n4cnc5c(N)ccnc54)[C@H](F)[C@@H]3O1)[C@@H]2O. The number of hydrogen-bond donors (Lipinski definition) is 5. The van der Waals surface area contributed by atoms with Crippen LogP contribution in [0.2, 0.25) is 0 Å². The molecule has 3 aliphatic rings. The minimum absolute atomic E-state index is 0.0274. The molecule has 18 nitrogen and oxygen atoms in total. The Hall–Kier alpha value is -2.84. The molecule has 3 aliphatic heterocycles. The van der Waals surface area contributed by atoms with Gasteiger partial charge in [-0.15, -0.1) is 0 Å². The van der Waals surface area contributed by atoms with Crippen LogP contribution in [0.5, 0.6) is 0 Å². The molecule has 0 saturated carbocycles. The summed E-state index contributed by atoms with van der Waals surface area (Å²) in [5.41, 5.74) is 12.1. The summed E-state index contributed by atoms with van der Waals surface area (Å²) in [7, 11) is -5.01. The highest BCUT2D eigenvalue weighted by Gasteiger charge is 2.52. The van der Waals surface area contributed by atoms with Crippen molar-refractivity contribution in [1.29, 1.82) is 0 Å². The molecule has 7 heterocycles. The Morgan fingerprint density at radius 3 is 2.53 bits per heavy atom. The van der Waals surface area contributed by atoms with Gasteiger partial charge in [-0.1, -0.05) is 0 Å². The van der Waals surface area contributed by atoms with E-state index in [1.165, 1.54) is 28.0 Å². The molecule has 0 aromatic carbocycles. The summed E-state index contributed by atoms with van der Waals surface area (Å²) in [6.07, 6.45) is -5.41. The summed E-state index contributed by atoms with van der Waals surface area (Å²) in [5.74, 6) is -1.09. The first-order chi connectivity index (χ1) is 21.3. The van der Waals surface area contributed by atoms with Crippen molar-refractivity contribution in [2.75, 3.05) is 30.8 Å². The molecule has 7 N–H and O–H groups in total. The summed E-state index contributed by atoms with van der Waals surface area (Å²) < 4.78 is 61.9. The first-order valence-corrected chi connectivity index (χ1v) is 17.1. The monoisotopic (exact) mass is 686 g/mol. The summed E-state index contributed by atoms with van der Waals surface area (Å²) in [4.78, 5) is 42.8. The van der Waals surface area contributed by atoms with Crippen LogP contribution >= 0.6 is 14.0 Å². The predicted molar refractivity (Wildman–Crippen MR) is 162 cm³/mol. The van der Waals surface area contributed by atoms with Gasteiger partial charge in [0.05, 0.1) is 45.2 Å². The van der Waals surface area contributed by atoms with Crippen LogP contribution in [-0.4, -0.2) is 102 Å². The van der Waals surface area contributed by atoms with Gasteiger partial charge in [-0.25, -0.2) is 19.3 Å². The number of nitrogens with zero attached hydrogens (tertiary/aromatic N) is 6. The van der Waals surface area contributed by atoms with Crippen LogP contribution in [-0.2, 0) is 39.4 Å². The molecule has 7 rings (SSSR count). The Balaban J connectivity index is 1.21. The van der Waals surface area contributed by atoms with Gasteiger partial charge in [0.1, 0.15) is 37.5 Å². The van der Waals surface area contributed by atoms with Gasteiger partial charge < -0.3 is 49.1 Å². The molecule has 4 aromatic heterocycles. The number of halogens is 1. The van der Waals surface area contributed by atoms with E-state index in [4.69, 9.17) is 46.3 Å². The van der Waals surface area contributed by atoms with E-state index >= 15 is 4.39 Å². The highest BCUT2D eigenvalue weighted by atomic mass is 32.5. The number of pyridine rings is 1. The average molecular weight is 686 g/mol. The summed E-state index contributed by atoms with van der Waals surface area (Å²) in [6.45, 7) is -4.56. The van der Waals surface area contributed by atoms with Crippen molar-refractivity contribution < 1.29 is 42.0 Å². The number of imidazole rings is 2. The second kappa shape index (κ2) is 11.2. The molecule has 45 heavy (non-hydrogen) atoms. The number of nitrogens with two attached hydrogens (primary N) is 2. The lowest BCUT2D eigenvalue weighted by Gasteiger charge is -2.29. The third-order valence-electron chi connectivity index (χ3n) is 7.69. The van der Waals surface area contributed by atoms with Gasteiger partial charge >= 0.3 is 0 Å². The molecule has 0 spiro atoms. The summed E-state index contributed by atoms with van der Waals surface area (Å²) >= 11 is 5.47. The lowest BCUT2D eigenvalue weighted by molar-refractivity contribution is -0.0487. The Morgan fingerprint density at radius 2 is 1.76 bits per heavy atom. The van der Waals surface area contributed by atoms with Crippen molar-refractivity contribution in [1.82, 2.24) is 34.1 Å². The minimum Gasteiger partial charge on any atom is -0.397 e. The standard InChI is InChI=1S/C22H28BFN9O9P2S/c23-44(37)39-3-10-15(34)8(20(40-10)33-7-29-14-18(33)30-22(26)31-19(14)35)5-43(36,45)38-4-11-16(42-44)12(24)21(41-11)32-6-28-13-9(25)1-2-27-17(13)32/h1-2,6-8,10-12,15-16,20-21,34H,3-5H2,23H3,(H2,25,27)(H,36,45)(H3,26,30,31,35)/q-1/t8-,10-,11-,12-,15+,16-,20-,21-,43?,44?/m1/s1. The number of nitrogen functional groups attached to an aromatic ring is 2. The van der Waals surface area contributed by atoms with Crippen LogP contribution in [0.1, 0.15) is 12.5 Å². The van der Waals surface area contributed by atoms with Crippen LogP contribution in [0.4, 0.5) is 16.0 Å². The number of H-pyrrole nitrogens is 1. The lowest BCUT2D eigenvalue weighted by atomic mass is 10.0. The topological polar surface area (TPSA) is 250 Å². The number of nitrogens with one attached hydrogen (secondary N) is 1. The molecule has 0 radical (unpaired) electrons. The average Bonchev–Trinajstić information content (AvgIpc) is 3.72. The Kier molecular flexibility index (Phi) is 7.63.